The second kappa shape index (κ2) is 5.36. The van der Waals surface area contributed by atoms with Crippen molar-refractivity contribution >= 4 is 6.09 Å². The van der Waals surface area contributed by atoms with E-state index in [-0.39, 0.29) is 19.5 Å². The van der Waals surface area contributed by atoms with E-state index < -0.39 is 0 Å². The molecule has 0 saturated carbocycles. The van der Waals surface area contributed by atoms with Crippen molar-refractivity contribution in [1.29, 1.82) is 0 Å². The normalized spacial score (nSPS) is 17.4. The molecule has 2 heterocycles. The van der Waals surface area contributed by atoms with Crippen LogP contribution in [0.15, 0.2) is 18.2 Å². The van der Waals surface area contributed by atoms with E-state index in [9.17, 15) is 4.79 Å². The summed E-state index contributed by atoms with van der Waals surface area (Å²) in [6.07, 6.45) is -0.265. The number of rotatable bonds is 2. The lowest BCUT2D eigenvalue weighted by molar-refractivity contribution is 0.0917. The lowest BCUT2D eigenvalue weighted by atomic mass is 10.2. The molecule has 1 N–H and O–H groups in total. The fourth-order valence-electron chi connectivity index (χ4n) is 2.11. The number of fused-ring (bicyclic) bond motifs is 1. The van der Waals surface area contributed by atoms with Crippen LogP contribution in [0.25, 0.3) is 0 Å². The molecule has 0 bridgehead atoms. The van der Waals surface area contributed by atoms with Crippen LogP contribution in [-0.4, -0.2) is 44.0 Å². The van der Waals surface area contributed by atoms with Gasteiger partial charge in [0.1, 0.15) is 6.61 Å². The number of carbonyl (C=O) groups excluding carboxylic acids is 1. The molecule has 6 heteroatoms. The van der Waals surface area contributed by atoms with Gasteiger partial charge in [0.25, 0.3) is 0 Å². The van der Waals surface area contributed by atoms with Crippen molar-refractivity contribution in [2.45, 2.75) is 6.61 Å². The summed E-state index contributed by atoms with van der Waals surface area (Å²) in [4.78, 5) is 13.5. The van der Waals surface area contributed by atoms with Gasteiger partial charge in [-0.15, -0.1) is 0 Å². The summed E-state index contributed by atoms with van der Waals surface area (Å²) < 4.78 is 15.8. The van der Waals surface area contributed by atoms with Crippen molar-refractivity contribution in [1.82, 2.24) is 10.2 Å². The van der Waals surface area contributed by atoms with Crippen LogP contribution in [0.1, 0.15) is 5.56 Å². The predicted octanol–water partition coefficient (Wildman–Crippen LogP) is 0.957. The minimum atomic E-state index is -0.265. The van der Waals surface area contributed by atoms with Crippen molar-refractivity contribution in [2.75, 3.05) is 33.0 Å². The number of benzene rings is 1. The minimum Gasteiger partial charge on any atom is -0.454 e. The molecule has 1 amide bonds. The van der Waals surface area contributed by atoms with Crippen LogP contribution < -0.4 is 14.8 Å². The van der Waals surface area contributed by atoms with E-state index in [1.165, 1.54) is 0 Å². The summed E-state index contributed by atoms with van der Waals surface area (Å²) in [5, 5.41) is 3.19. The van der Waals surface area contributed by atoms with Crippen molar-refractivity contribution in [2.24, 2.45) is 0 Å². The van der Waals surface area contributed by atoms with E-state index >= 15 is 0 Å². The molecule has 0 aromatic heterocycles. The largest absolute Gasteiger partial charge is 0.454 e. The van der Waals surface area contributed by atoms with E-state index in [0.29, 0.717) is 18.8 Å². The van der Waals surface area contributed by atoms with Crippen molar-refractivity contribution in [3.63, 3.8) is 0 Å². The van der Waals surface area contributed by atoms with Crippen molar-refractivity contribution in [3.05, 3.63) is 23.8 Å². The van der Waals surface area contributed by atoms with Gasteiger partial charge in [0.2, 0.25) is 6.79 Å². The number of amides is 1. The standard InChI is InChI=1S/C13H16N2O4/c16-13(15-5-3-14-4-6-15)17-8-10-1-2-11-12(7-10)19-9-18-11/h1-2,7,14H,3-6,8-9H2. The van der Waals surface area contributed by atoms with Gasteiger partial charge in [-0.3, -0.25) is 0 Å². The Balaban J connectivity index is 1.55. The molecule has 0 spiro atoms. The van der Waals surface area contributed by atoms with Gasteiger partial charge in [-0.05, 0) is 17.7 Å². The molecule has 3 rings (SSSR count). The Morgan fingerprint density at radius 2 is 2.05 bits per heavy atom. The highest BCUT2D eigenvalue weighted by Gasteiger charge is 2.18. The van der Waals surface area contributed by atoms with E-state index in [0.717, 1.165) is 24.4 Å². The molecule has 102 valence electrons. The molecule has 1 fully saturated rings. The zero-order valence-corrected chi connectivity index (χ0v) is 10.6. The van der Waals surface area contributed by atoms with E-state index in [2.05, 4.69) is 5.32 Å². The number of nitrogens with one attached hydrogen (secondary N) is 1. The predicted molar refractivity (Wildman–Crippen MR) is 67.2 cm³/mol. The van der Waals surface area contributed by atoms with E-state index in [1.807, 2.05) is 18.2 Å². The van der Waals surface area contributed by atoms with Gasteiger partial charge in [-0.1, -0.05) is 6.07 Å². The highest BCUT2D eigenvalue weighted by molar-refractivity contribution is 5.67. The first-order chi connectivity index (χ1) is 9.33. The van der Waals surface area contributed by atoms with Gasteiger partial charge >= 0.3 is 6.09 Å². The summed E-state index contributed by atoms with van der Waals surface area (Å²) in [7, 11) is 0. The molecule has 1 aromatic rings. The second-order valence-electron chi connectivity index (χ2n) is 4.48. The fraction of sp³-hybridized carbons (Fsp3) is 0.462. The SMILES string of the molecule is O=C(OCc1ccc2c(c1)OCO2)N1CCNCC1. The molecule has 2 aliphatic rings. The Hall–Kier alpha value is -1.95. The summed E-state index contributed by atoms with van der Waals surface area (Å²) in [5.74, 6) is 1.44. The first kappa shape index (κ1) is 12.1. The third-order valence-electron chi connectivity index (χ3n) is 3.17. The summed E-state index contributed by atoms with van der Waals surface area (Å²) >= 11 is 0. The first-order valence-corrected chi connectivity index (χ1v) is 6.34. The monoisotopic (exact) mass is 264 g/mol. The molecule has 19 heavy (non-hydrogen) atoms. The molecule has 0 unspecified atom stereocenters. The number of ether oxygens (including phenoxy) is 3. The van der Waals surface area contributed by atoms with Crippen LogP contribution in [0, 0.1) is 0 Å². The third kappa shape index (κ3) is 2.73. The van der Waals surface area contributed by atoms with Gasteiger partial charge in [-0.25, -0.2) is 4.79 Å². The Morgan fingerprint density at radius 1 is 1.26 bits per heavy atom. The lowest BCUT2D eigenvalue weighted by Gasteiger charge is -2.26. The smallest absolute Gasteiger partial charge is 0.410 e. The molecule has 0 aliphatic carbocycles. The first-order valence-electron chi connectivity index (χ1n) is 6.34. The van der Waals surface area contributed by atoms with Crippen LogP contribution >= 0.6 is 0 Å². The number of hydrogen-bond donors (Lipinski definition) is 1. The van der Waals surface area contributed by atoms with Gasteiger partial charge in [-0.2, -0.15) is 0 Å². The van der Waals surface area contributed by atoms with Crippen LogP contribution in [-0.2, 0) is 11.3 Å². The average molecular weight is 264 g/mol. The van der Waals surface area contributed by atoms with Crippen LogP contribution in [0.3, 0.4) is 0 Å². The van der Waals surface area contributed by atoms with Gasteiger partial charge in [0.15, 0.2) is 11.5 Å². The molecule has 2 aliphatic heterocycles. The Kier molecular flexibility index (Phi) is 3.41. The van der Waals surface area contributed by atoms with Gasteiger partial charge in [0, 0.05) is 26.2 Å². The maximum absolute atomic E-state index is 11.8. The average Bonchev–Trinajstić information content (AvgIpc) is 2.93. The summed E-state index contributed by atoms with van der Waals surface area (Å²) in [6.45, 7) is 3.52. The van der Waals surface area contributed by atoms with Crippen LogP contribution in [0.2, 0.25) is 0 Å². The molecule has 0 radical (unpaired) electrons. The minimum absolute atomic E-state index is 0.249. The maximum Gasteiger partial charge on any atom is 0.410 e. The van der Waals surface area contributed by atoms with Crippen LogP contribution in [0.4, 0.5) is 4.79 Å². The zero-order chi connectivity index (χ0) is 13.1. The number of nitrogens with zero attached hydrogens (tertiary/aromatic N) is 1. The molecular weight excluding hydrogens is 248 g/mol. The number of carbonyl (C=O) groups is 1. The zero-order valence-electron chi connectivity index (χ0n) is 10.6. The summed E-state index contributed by atoms with van der Waals surface area (Å²) in [5.41, 5.74) is 0.896. The van der Waals surface area contributed by atoms with Crippen molar-refractivity contribution in [3.8, 4) is 11.5 Å². The highest BCUT2D eigenvalue weighted by atomic mass is 16.7. The highest BCUT2D eigenvalue weighted by Crippen LogP contribution is 2.32. The lowest BCUT2D eigenvalue weighted by Crippen LogP contribution is -2.46. The summed E-state index contributed by atoms with van der Waals surface area (Å²) in [6, 6.07) is 5.54. The maximum atomic E-state index is 11.8. The number of piperazine rings is 1. The van der Waals surface area contributed by atoms with Gasteiger partial charge in [0.05, 0.1) is 0 Å². The molecule has 1 aromatic carbocycles. The molecular formula is C13H16N2O4. The fourth-order valence-corrected chi connectivity index (χ4v) is 2.11. The van der Waals surface area contributed by atoms with Gasteiger partial charge < -0.3 is 24.4 Å². The third-order valence-corrected chi connectivity index (χ3v) is 3.17. The van der Waals surface area contributed by atoms with Crippen LogP contribution in [0.5, 0.6) is 11.5 Å². The quantitative estimate of drug-likeness (QED) is 0.862. The van der Waals surface area contributed by atoms with E-state index in [1.54, 1.807) is 4.90 Å². The molecule has 1 saturated heterocycles. The Labute approximate surface area is 111 Å². The van der Waals surface area contributed by atoms with E-state index in [4.69, 9.17) is 14.2 Å². The topological polar surface area (TPSA) is 60.0 Å². The Bertz CT molecular complexity index is 472. The Morgan fingerprint density at radius 3 is 2.89 bits per heavy atom. The second-order valence-corrected chi connectivity index (χ2v) is 4.48. The molecule has 6 nitrogen and oxygen atoms in total. The van der Waals surface area contributed by atoms with Crippen molar-refractivity contribution < 1.29 is 19.0 Å². The molecule has 0 atom stereocenters. The number of hydrogen-bond acceptors (Lipinski definition) is 5.